The zero-order valence-electron chi connectivity index (χ0n) is 10.1. The molecule has 0 aromatic carbocycles. The molecule has 19 heavy (non-hydrogen) atoms. The van der Waals surface area contributed by atoms with Gasteiger partial charge in [0, 0.05) is 18.9 Å². The third-order valence-corrected chi connectivity index (χ3v) is 2.78. The first-order chi connectivity index (χ1) is 9.08. The third-order valence-electron chi connectivity index (χ3n) is 2.78. The van der Waals surface area contributed by atoms with Crippen LogP contribution in [-0.4, -0.2) is 57.2 Å². The number of hydrogen-bond donors (Lipinski definition) is 1. The van der Waals surface area contributed by atoms with E-state index in [1.54, 1.807) is 6.07 Å². The second kappa shape index (κ2) is 5.61. The highest BCUT2D eigenvalue weighted by atomic mass is 16.5. The molecule has 0 aliphatic carbocycles. The van der Waals surface area contributed by atoms with E-state index in [0.29, 0.717) is 6.54 Å². The molecule has 1 saturated heterocycles. The molecule has 102 valence electrons. The molecule has 2 heterocycles. The molecular formula is C11H13N3O5. The molecule has 0 bridgehead atoms. The van der Waals surface area contributed by atoms with Gasteiger partial charge in [0.05, 0.1) is 13.2 Å². The Morgan fingerprint density at radius 1 is 1.53 bits per heavy atom. The lowest BCUT2D eigenvalue weighted by atomic mass is 10.2. The maximum atomic E-state index is 12.0. The second-order valence-electron chi connectivity index (χ2n) is 4.07. The molecule has 0 spiro atoms. The van der Waals surface area contributed by atoms with E-state index in [-0.39, 0.29) is 25.6 Å². The Labute approximate surface area is 108 Å². The lowest BCUT2D eigenvalue weighted by Crippen LogP contribution is -2.49. The number of morpholine rings is 1. The van der Waals surface area contributed by atoms with Gasteiger partial charge in [-0.15, -0.1) is 0 Å². The molecule has 1 amide bonds. The van der Waals surface area contributed by atoms with Gasteiger partial charge in [0.15, 0.2) is 6.10 Å². The first-order valence-electron chi connectivity index (χ1n) is 5.71. The Kier molecular flexibility index (Phi) is 3.91. The molecule has 1 unspecified atom stereocenters. The van der Waals surface area contributed by atoms with Crippen molar-refractivity contribution in [2.75, 3.05) is 19.7 Å². The number of nitrogens with zero attached hydrogens (tertiary/aromatic N) is 3. The molecule has 1 N–H and O–H groups in total. The molecule has 1 aliphatic rings. The Hall–Kier alpha value is -2.22. The van der Waals surface area contributed by atoms with Crippen LogP contribution in [-0.2, 0) is 20.9 Å². The van der Waals surface area contributed by atoms with Crippen molar-refractivity contribution in [1.29, 1.82) is 0 Å². The highest BCUT2D eigenvalue weighted by Crippen LogP contribution is 2.06. The summed E-state index contributed by atoms with van der Waals surface area (Å²) in [5.74, 6) is -1.43. The summed E-state index contributed by atoms with van der Waals surface area (Å²) in [4.78, 5) is 39.1. The van der Waals surface area contributed by atoms with E-state index in [0.717, 1.165) is 0 Å². The Morgan fingerprint density at radius 2 is 2.32 bits per heavy atom. The molecule has 8 nitrogen and oxygen atoms in total. The van der Waals surface area contributed by atoms with Crippen LogP contribution < -0.4 is 5.69 Å². The van der Waals surface area contributed by atoms with Crippen LogP contribution in [0.2, 0.25) is 0 Å². The van der Waals surface area contributed by atoms with Gasteiger partial charge in [-0.1, -0.05) is 0 Å². The molecule has 0 saturated carbocycles. The SMILES string of the molecule is O=C(O)C1CN(C(=O)Cn2cccnc2=O)CCO1. The van der Waals surface area contributed by atoms with Gasteiger partial charge in [-0.25, -0.2) is 14.6 Å². The maximum Gasteiger partial charge on any atom is 0.347 e. The van der Waals surface area contributed by atoms with E-state index in [4.69, 9.17) is 9.84 Å². The van der Waals surface area contributed by atoms with Crippen molar-refractivity contribution < 1.29 is 19.4 Å². The highest BCUT2D eigenvalue weighted by molar-refractivity contribution is 5.78. The normalized spacial score (nSPS) is 19.2. The van der Waals surface area contributed by atoms with Gasteiger partial charge in [-0.3, -0.25) is 9.36 Å². The minimum atomic E-state index is -1.10. The predicted molar refractivity (Wildman–Crippen MR) is 62.5 cm³/mol. The van der Waals surface area contributed by atoms with E-state index in [9.17, 15) is 14.4 Å². The van der Waals surface area contributed by atoms with Gasteiger partial charge >= 0.3 is 11.7 Å². The van der Waals surface area contributed by atoms with E-state index in [1.165, 1.54) is 21.9 Å². The van der Waals surface area contributed by atoms with Gasteiger partial charge in [-0.2, -0.15) is 0 Å². The Bertz CT molecular complexity index is 541. The number of aliphatic carboxylic acids is 1. The van der Waals surface area contributed by atoms with Crippen LogP contribution in [0.4, 0.5) is 0 Å². The quantitative estimate of drug-likeness (QED) is 0.719. The molecule has 0 radical (unpaired) electrons. The maximum absolute atomic E-state index is 12.0. The van der Waals surface area contributed by atoms with Crippen LogP contribution in [0, 0.1) is 0 Å². The number of hydrogen-bond acceptors (Lipinski definition) is 5. The van der Waals surface area contributed by atoms with Crippen LogP contribution in [0.25, 0.3) is 0 Å². The summed E-state index contributed by atoms with van der Waals surface area (Å²) in [5, 5.41) is 8.84. The van der Waals surface area contributed by atoms with E-state index >= 15 is 0 Å². The van der Waals surface area contributed by atoms with Crippen molar-refractivity contribution in [3.8, 4) is 0 Å². The number of carbonyl (C=O) groups excluding carboxylic acids is 1. The Balaban J connectivity index is 2.02. The predicted octanol–water partition coefficient (Wildman–Crippen LogP) is -1.44. The van der Waals surface area contributed by atoms with Crippen LogP contribution in [0.1, 0.15) is 0 Å². The fraction of sp³-hybridized carbons (Fsp3) is 0.455. The molecule has 2 rings (SSSR count). The zero-order chi connectivity index (χ0) is 13.8. The van der Waals surface area contributed by atoms with Crippen molar-refractivity contribution in [3.05, 3.63) is 28.9 Å². The number of ether oxygens (including phenoxy) is 1. The minimum Gasteiger partial charge on any atom is -0.479 e. The van der Waals surface area contributed by atoms with E-state index in [1.807, 2.05) is 0 Å². The summed E-state index contributed by atoms with van der Waals surface area (Å²) in [6, 6.07) is 1.55. The summed E-state index contributed by atoms with van der Waals surface area (Å²) in [7, 11) is 0. The van der Waals surface area contributed by atoms with Crippen molar-refractivity contribution >= 4 is 11.9 Å². The van der Waals surface area contributed by atoms with Crippen LogP contribution >= 0.6 is 0 Å². The summed E-state index contributed by atoms with van der Waals surface area (Å²) in [6.45, 7) is 0.324. The fourth-order valence-corrected chi connectivity index (χ4v) is 1.78. The van der Waals surface area contributed by atoms with Gasteiger partial charge in [0.1, 0.15) is 6.54 Å². The number of amides is 1. The molecular weight excluding hydrogens is 254 g/mol. The standard InChI is InChI=1S/C11H13N3O5/c15-9(7-14-3-1-2-12-11(14)18)13-4-5-19-8(6-13)10(16)17/h1-3,8H,4-7H2,(H,16,17). The van der Waals surface area contributed by atoms with Gasteiger partial charge in [0.25, 0.3) is 0 Å². The van der Waals surface area contributed by atoms with Gasteiger partial charge < -0.3 is 14.7 Å². The Morgan fingerprint density at radius 3 is 3.00 bits per heavy atom. The summed E-state index contributed by atoms with van der Waals surface area (Å²) >= 11 is 0. The van der Waals surface area contributed by atoms with Crippen molar-refractivity contribution in [2.45, 2.75) is 12.6 Å². The topological polar surface area (TPSA) is 102 Å². The summed E-state index contributed by atoms with van der Waals surface area (Å²) in [6.07, 6.45) is 1.80. The second-order valence-corrected chi connectivity index (χ2v) is 4.07. The zero-order valence-corrected chi connectivity index (χ0v) is 10.1. The van der Waals surface area contributed by atoms with Crippen molar-refractivity contribution in [3.63, 3.8) is 0 Å². The average molecular weight is 267 g/mol. The number of carbonyl (C=O) groups is 2. The van der Waals surface area contributed by atoms with Crippen LogP contribution in [0.5, 0.6) is 0 Å². The van der Waals surface area contributed by atoms with E-state index < -0.39 is 17.8 Å². The minimum absolute atomic E-state index is 0.0107. The fourth-order valence-electron chi connectivity index (χ4n) is 1.78. The number of aromatic nitrogens is 2. The van der Waals surface area contributed by atoms with Crippen LogP contribution in [0.15, 0.2) is 23.3 Å². The summed E-state index contributed by atoms with van der Waals surface area (Å²) in [5.41, 5.74) is -0.515. The van der Waals surface area contributed by atoms with Gasteiger partial charge in [-0.05, 0) is 6.07 Å². The molecule has 1 aromatic rings. The molecule has 1 aromatic heterocycles. The first-order valence-corrected chi connectivity index (χ1v) is 5.71. The monoisotopic (exact) mass is 267 g/mol. The molecule has 1 aliphatic heterocycles. The molecule has 1 atom stereocenters. The molecule has 1 fully saturated rings. The smallest absolute Gasteiger partial charge is 0.347 e. The largest absolute Gasteiger partial charge is 0.479 e. The van der Waals surface area contributed by atoms with Crippen molar-refractivity contribution in [1.82, 2.24) is 14.5 Å². The lowest BCUT2D eigenvalue weighted by Gasteiger charge is -2.30. The average Bonchev–Trinajstić information content (AvgIpc) is 2.41. The molecule has 8 heteroatoms. The lowest BCUT2D eigenvalue weighted by molar-refractivity contribution is -0.159. The summed E-state index contributed by atoms with van der Waals surface area (Å²) < 4.78 is 6.19. The van der Waals surface area contributed by atoms with Crippen LogP contribution in [0.3, 0.4) is 0 Å². The van der Waals surface area contributed by atoms with Gasteiger partial charge in [0.2, 0.25) is 5.91 Å². The van der Waals surface area contributed by atoms with Crippen molar-refractivity contribution in [2.24, 2.45) is 0 Å². The van der Waals surface area contributed by atoms with E-state index in [2.05, 4.69) is 4.98 Å². The number of carboxylic acids is 1. The number of carboxylic acid groups (broad SMARTS) is 1. The first kappa shape index (κ1) is 13.2. The third kappa shape index (κ3) is 3.16. The highest BCUT2D eigenvalue weighted by Gasteiger charge is 2.28. The number of rotatable bonds is 3.